The highest BCUT2D eigenvalue weighted by Crippen LogP contribution is 2.35. The van der Waals surface area contributed by atoms with Gasteiger partial charge in [0.15, 0.2) is 17.0 Å². The molecular formula is C20H20ClN7O2S. The molecule has 2 N–H and O–H groups in total. The van der Waals surface area contributed by atoms with E-state index in [-0.39, 0.29) is 38.2 Å². The first-order chi connectivity index (χ1) is 14.8. The summed E-state index contributed by atoms with van der Waals surface area (Å²) in [5, 5.41) is 19.1. The van der Waals surface area contributed by atoms with E-state index >= 15 is 0 Å². The minimum Gasteiger partial charge on any atom is -0.384 e. The molecule has 0 amide bonds. The maximum atomic E-state index is 13.4. The van der Waals surface area contributed by atoms with Crippen molar-refractivity contribution in [1.82, 2.24) is 19.4 Å². The number of benzene rings is 1. The molecule has 0 aliphatic carbocycles. The summed E-state index contributed by atoms with van der Waals surface area (Å²) in [5.74, 6) is -0.0453. The summed E-state index contributed by atoms with van der Waals surface area (Å²) in [5.41, 5.74) is 5.97. The van der Waals surface area contributed by atoms with Crippen LogP contribution in [0, 0.1) is 22.7 Å². The lowest BCUT2D eigenvalue weighted by molar-refractivity contribution is 0.292. The summed E-state index contributed by atoms with van der Waals surface area (Å²) < 4.78 is 28.4. The van der Waals surface area contributed by atoms with Crippen LogP contribution in [0.3, 0.4) is 0 Å². The number of nitrogens with zero attached hydrogens (tertiary/aromatic N) is 6. The highest BCUT2D eigenvalue weighted by atomic mass is 35.5. The van der Waals surface area contributed by atoms with Crippen molar-refractivity contribution in [2.45, 2.75) is 30.2 Å². The fourth-order valence-corrected chi connectivity index (χ4v) is 4.92. The van der Waals surface area contributed by atoms with E-state index in [9.17, 15) is 18.9 Å². The lowest BCUT2D eigenvalue weighted by Crippen LogP contribution is -2.27. The first kappa shape index (κ1) is 22.5. The van der Waals surface area contributed by atoms with E-state index < -0.39 is 9.84 Å². The maximum Gasteiger partial charge on any atom is 0.212 e. The lowest BCUT2D eigenvalue weighted by atomic mass is 10.3. The molecule has 0 atom stereocenters. The van der Waals surface area contributed by atoms with Crippen LogP contribution in [0.4, 0.5) is 5.82 Å². The number of rotatable bonds is 7. The summed E-state index contributed by atoms with van der Waals surface area (Å²) in [4.78, 5) is 10.3. The summed E-state index contributed by atoms with van der Waals surface area (Å²) in [6.07, 6.45) is 0. The molecule has 0 unspecified atom stereocenters. The van der Waals surface area contributed by atoms with Crippen molar-refractivity contribution >= 4 is 38.4 Å². The maximum absolute atomic E-state index is 13.4. The highest BCUT2D eigenvalue weighted by Gasteiger charge is 2.31. The number of likely N-dealkylation sites (N-methyl/N-ethyl adjacent to an activating group) is 1. The number of halogens is 1. The Morgan fingerprint density at radius 2 is 1.68 bits per heavy atom. The van der Waals surface area contributed by atoms with Gasteiger partial charge in [-0.25, -0.2) is 18.4 Å². The van der Waals surface area contributed by atoms with Gasteiger partial charge in [0.25, 0.3) is 0 Å². The predicted molar refractivity (Wildman–Crippen MR) is 116 cm³/mol. The second kappa shape index (κ2) is 8.90. The zero-order valence-corrected chi connectivity index (χ0v) is 18.6. The Hall–Kier alpha value is -3.18. The molecule has 160 valence electrons. The molecule has 0 saturated heterocycles. The number of fused-ring (bicyclic) bond motifs is 1. The van der Waals surface area contributed by atoms with E-state index in [0.29, 0.717) is 18.1 Å². The Bertz CT molecular complexity index is 1320. The van der Waals surface area contributed by atoms with Gasteiger partial charge in [-0.15, -0.1) is 0 Å². The van der Waals surface area contributed by atoms with Crippen molar-refractivity contribution in [3.8, 4) is 12.1 Å². The SMILES string of the molecule is CCN(CC)CCn1c(N)c(S(=O)(=O)c2ccc(Cl)cc2)c2nc(C#N)c(C#N)nc21. The molecule has 9 nitrogen and oxygen atoms in total. The van der Waals surface area contributed by atoms with E-state index in [1.165, 1.54) is 28.8 Å². The molecule has 3 rings (SSSR count). The van der Waals surface area contributed by atoms with Crippen LogP contribution in [-0.2, 0) is 16.4 Å². The molecule has 0 radical (unpaired) electrons. The Balaban J connectivity index is 2.30. The number of nitrogen functional groups attached to an aromatic ring is 1. The molecule has 0 spiro atoms. The first-order valence-electron chi connectivity index (χ1n) is 9.51. The second-order valence-electron chi connectivity index (χ2n) is 6.67. The molecule has 0 fully saturated rings. The number of hydrogen-bond acceptors (Lipinski definition) is 8. The highest BCUT2D eigenvalue weighted by molar-refractivity contribution is 7.92. The van der Waals surface area contributed by atoms with Crippen LogP contribution in [0.1, 0.15) is 25.2 Å². The van der Waals surface area contributed by atoms with E-state index in [0.717, 1.165) is 13.1 Å². The standard InChI is InChI=1S/C20H20ClN7O2S/c1-3-27(4-2)9-10-28-19(24)18(31(29,30)14-7-5-13(21)6-8-14)17-20(28)26-16(12-23)15(11-22)25-17/h5-8H,3-4,9-10,24H2,1-2H3. The normalized spacial score (nSPS) is 11.5. The summed E-state index contributed by atoms with van der Waals surface area (Å²) in [7, 11) is -4.10. The predicted octanol–water partition coefficient (Wildman–Crippen LogP) is 2.58. The quantitative estimate of drug-likeness (QED) is 0.570. The van der Waals surface area contributed by atoms with E-state index in [2.05, 4.69) is 14.9 Å². The molecule has 2 heterocycles. The monoisotopic (exact) mass is 457 g/mol. The molecule has 0 aliphatic heterocycles. The molecule has 0 saturated carbocycles. The Kier molecular flexibility index (Phi) is 6.46. The molecule has 11 heteroatoms. The molecular weight excluding hydrogens is 438 g/mol. The van der Waals surface area contributed by atoms with Crippen molar-refractivity contribution in [1.29, 1.82) is 10.5 Å². The van der Waals surface area contributed by atoms with Gasteiger partial charge in [-0.05, 0) is 37.4 Å². The second-order valence-corrected chi connectivity index (χ2v) is 8.99. The van der Waals surface area contributed by atoms with Crippen LogP contribution in [0.15, 0.2) is 34.1 Å². The summed E-state index contributed by atoms with van der Waals surface area (Å²) >= 11 is 5.89. The van der Waals surface area contributed by atoms with Crippen LogP contribution in [0.25, 0.3) is 11.2 Å². The first-order valence-corrected chi connectivity index (χ1v) is 11.4. The average Bonchev–Trinajstić information content (AvgIpc) is 3.04. The van der Waals surface area contributed by atoms with Crippen molar-refractivity contribution in [3.63, 3.8) is 0 Å². The molecule has 31 heavy (non-hydrogen) atoms. The lowest BCUT2D eigenvalue weighted by Gasteiger charge is -2.19. The Labute approximate surface area is 185 Å². The topological polar surface area (TPSA) is 142 Å². The molecule has 0 bridgehead atoms. The summed E-state index contributed by atoms with van der Waals surface area (Å²) in [6.45, 7) is 6.57. The number of sulfone groups is 1. The van der Waals surface area contributed by atoms with Crippen molar-refractivity contribution in [2.75, 3.05) is 25.4 Å². The number of anilines is 1. The molecule has 1 aromatic carbocycles. The Morgan fingerprint density at radius 1 is 1.10 bits per heavy atom. The van der Waals surface area contributed by atoms with Gasteiger partial charge in [-0.1, -0.05) is 25.4 Å². The molecule has 3 aromatic rings. The molecule has 0 aliphatic rings. The third-order valence-electron chi connectivity index (χ3n) is 5.01. The van der Waals surface area contributed by atoms with Crippen LogP contribution in [0.2, 0.25) is 5.02 Å². The van der Waals surface area contributed by atoms with Gasteiger partial charge < -0.3 is 15.2 Å². The molecule has 2 aromatic heterocycles. The largest absolute Gasteiger partial charge is 0.384 e. The van der Waals surface area contributed by atoms with Gasteiger partial charge in [0.2, 0.25) is 9.84 Å². The number of hydrogen-bond donors (Lipinski definition) is 1. The smallest absolute Gasteiger partial charge is 0.212 e. The van der Waals surface area contributed by atoms with E-state index in [1.807, 2.05) is 19.9 Å². The minimum atomic E-state index is -4.10. The van der Waals surface area contributed by atoms with Crippen LogP contribution in [-0.4, -0.2) is 47.5 Å². The van der Waals surface area contributed by atoms with Gasteiger partial charge in [-0.3, -0.25) is 0 Å². The minimum absolute atomic E-state index is 0.0175. The number of nitriles is 2. The zero-order valence-electron chi connectivity index (χ0n) is 17.0. The van der Waals surface area contributed by atoms with Crippen molar-refractivity contribution in [2.24, 2.45) is 0 Å². The van der Waals surface area contributed by atoms with Gasteiger partial charge in [0, 0.05) is 18.1 Å². The van der Waals surface area contributed by atoms with E-state index in [1.54, 1.807) is 6.07 Å². The third kappa shape index (κ3) is 4.06. The fourth-order valence-electron chi connectivity index (χ4n) is 3.29. The van der Waals surface area contributed by atoms with Crippen molar-refractivity contribution in [3.05, 3.63) is 40.7 Å². The van der Waals surface area contributed by atoms with E-state index in [4.69, 9.17) is 17.3 Å². The van der Waals surface area contributed by atoms with Gasteiger partial charge >= 0.3 is 0 Å². The van der Waals surface area contributed by atoms with Crippen molar-refractivity contribution < 1.29 is 8.42 Å². The van der Waals surface area contributed by atoms with Gasteiger partial charge in [0.05, 0.1) is 4.90 Å². The number of nitrogens with two attached hydrogens (primary N) is 1. The van der Waals surface area contributed by atoms with Crippen LogP contribution < -0.4 is 5.73 Å². The van der Waals surface area contributed by atoms with Gasteiger partial charge in [-0.2, -0.15) is 10.5 Å². The number of aromatic nitrogens is 3. The fraction of sp³-hybridized carbons (Fsp3) is 0.300. The van der Waals surface area contributed by atoms with Gasteiger partial charge in [0.1, 0.15) is 28.4 Å². The van der Waals surface area contributed by atoms with Crippen LogP contribution >= 0.6 is 11.6 Å². The Morgan fingerprint density at radius 3 is 2.23 bits per heavy atom. The van der Waals surface area contributed by atoms with Crippen LogP contribution in [0.5, 0.6) is 0 Å². The summed E-state index contributed by atoms with van der Waals surface area (Å²) in [6, 6.07) is 9.30. The average molecular weight is 458 g/mol. The zero-order chi connectivity index (χ0) is 22.8. The third-order valence-corrected chi connectivity index (χ3v) is 7.10.